The zero-order valence-corrected chi connectivity index (χ0v) is 10.2. The van der Waals surface area contributed by atoms with E-state index in [-0.39, 0.29) is 0 Å². The largest absolute Gasteiger partial charge is 0.479 e. The smallest absolute Gasteiger partial charge is 0.337 e. The maximum Gasteiger partial charge on any atom is 0.337 e. The predicted octanol–water partition coefficient (Wildman–Crippen LogP) is 1.98. The van der Waals surface area contributed by atoms with Crippen LogP contribution in [0.5, 0.6) is 0 Å². The van der Waals surface area contributed by atoms with Crippen LogP contribution in [0.1, 0.15) is 23.7 Å². The van der Waals surface area contributed by atoms with Crippen LogP contribution in [0.2, 0.25) is 0 Å². The average molecular weight is 251 g/mol. The Morgan fingerprint density at radius 3 is 2.76 bits per heavy atom. The SMILES string of the molecule is CSc1cc(CCC#N)cc(C(O)C(=O)O)c1. The Morgan fingerprint density at radius 1 is 1.53 bits per heavy atom. The van der Waals surface area contributed by atoms with Crippen molar-refractivity contribution in [2.45, 2.75) is 23.8 Å². The number of nitrogens with zero attached hydrogens (tertiary/aromatic N) is 1. The predicted molar refractivity (Wildman–Crippen MR) is 64.8 cm³/mol. The van der Waals surface area contributed by atoms with Crippen molar-refractivity contribution in [3.8, 4) is 6.07 Å². The second kappa shape index (κ2) is 6.28. The molecule has 1 atom stereocenters. The summed E-state index contributed by atoms with van der Waals surface area (Å²) in [7, 11) is 0. The molecule has 5 heteroatoms. The molecule has 0 saturated carbocycles. The van der Waals surface area contributed by atoms with E-state index in [1.807, 2.05) is 18.4 Å². The van der Waals surface area contributed by atoms with Gasteiger partial charge in [0.25, 0.3) is 0 Å². The van der Waals surface area contributed by atoms with E-state index in [2.05, 4.69) is 0 Å². The zero-order valence-electron chi connectivity index (χ0n) is 9.38. The topological polar surface area (TPSA) is 81.3 Å². The van der Waals surface area contributed by atoms with Crippen LogP contribution < -0.4 is 0 Å². The highest BCUT2D eigenvalue weighted by atomic mass is 32.2. The fraction of sp³-hybridized carbons (Fsp3) is 0.333. The minimum Gasteiger partial charge on any atom is -0.479 e. The summed E-state index contributed by atoms with van der Waals surface area (Å²) in [5.74, 6) is -1.27. The van der Waals surface area contributed by atoms with Crippen LogP contribution in [0, 0.1) is 11.3 Å². The Hall–Kier alpha value is -1.51. The number of thioether (sulfide) groups is 1. The number of carboxylic acids is 1. The summed E-state index contributed by atoms with van der Waals surface area (Å²) in [6.07, 6.45) is 1.30. The number of aliphatic carboxylic acids is 1. The van der Waals surface area contributed by atoms with Crippen molar-refractivity contribution < 1.29 is 15.0 Å². The van der Waals surface area contributed by atoms with Gasteiger partial charge in [-0.2, -0.15) is 5.26 Å². The molecule has 0 radical (unpaired) electrons. The van der Waals surface area contributed by atoms with Crippen LogP contribution in [0.4, 0.5) is 0 Å². The lowest BCUT2D eigenvalue weighted by molar-refractivity contribution is -0.146. The van der Waals surface area contributed by atoms with Gasteiger partial charge in [-0.1, -0.05) is 6.07 Å². The standard InChI is InChI=1S/C12H13NO3S/c1-17-10-6-8(3-2-4-13)5-9(7-10)11(14)12(15)16/h5-7,11,14H,2-3H2,1H3,(H,15,16). The van der Waals surface area contributed by atoms with Gasteiger partial charge in [0.2, 0.25) is 0 Å². The summed E-state index contributed by atoms with van der Waals surface area (Å²) >= 11 is 1.47. The normalized spacial score (nSPS) is 11.8. The third-order valence-electron chi connectivity index (χ3n) is 2.30. The molecule has 0 spiro atoms. The molecule has 0 saturated heterocycles. The van der Waals surface area contributed by atoms with Gasteiger partial charge in [0.15, 0.2) is 6.10 Å². The monoisotopic (exact) mass is 251 g/mol. The number of aliphatic hydroxyl groups is 1. The highest BCUT2D eigenvalue weighted by Gasteiger charge is 2.17. The maximum atomic E-state index is 10.7. The number of aryl methyl sites for hydroxylation is 1. The zero-order chi connectivity index (χ0) is 12.8. The molecular weight excluding hydrogens is 238 g/mol. The number of rotatable bonds is 5. The van der Waals surface area contributed by atoms with Gasteiger partial charge in [-0.3, -0.25) is 0 Å². The van der Waals surface area contributed by atoms with E-state index < -0.39 is 12.1 Å². The Bertz CT molecular complexity index is 454. The fourth-order valence-corrected chi connectivity index (χ4v) is 1.97. The molecule has 2 N–H and O–H groups in total. The molecule has 1 aromatic carbocycles. The molecular formula is C12H13NO3S. The van der Waals surface area contributed by atoms with E-state index in [1.54, 1.807) is 12.1 Å². The van der Waals surface area contributed by atoms with Crippen LogP contribution in [0.3, 0.4) is 0 Å². The molecule has 0 aliphatic heterocycles. The highest BCUT2D eigenvalue weighted by Crippen LogP contribution is 2.24. The van der Waals surface area contributed by atoms with E-state index >= 15 is 0 Å². The van der Waals surface area contributed by atoms with Crippen molar-refractivity contribution in [3.63, 3.8) is 0 Å². The minimum atomic E-state index is -1.51. The summed E-state index contributed by atoms with van der Waals surface area (Å²) in [5, 5.41) is 26.8. The molecule has 0 fully saturated rings. The summed E-state index contributed by atoms with van der Waals surface area (Å²) in [4.78, 5) is 11.6. The number of hydrogen-bond acceptors (Lipinski definition) is 4. The molecule has 1 aromatic rings. The third kappa shape index (κ3) is 3.77. The minimum absolute atomic E-state index is 0.359. The highest BCUT2D eigenvalue weighted by molar-refractivity contribution is 7.98. The number of carbonyl (C=O) groups is 1. The molecule has 90 valence electrons. The van der Waals surface area contributed by atoms with E-state index in [0.717, 1.165) is 10.5 Å². The molecule has 1 rings (SSSR count). The maximum absolute atomic E-state index is 10.7. The van der Waals surface area contributed by atoms with Gasteiger partial charge in [0, 0.05) is 11.3 Å². The Kier molecular flexibility index (Phi) is 5.01. The van der Waals surface area contributed by atoms with Crippen LogP contribution in [-0.2, 0) is 11.2 Å². The van der Waals surface area contributed by atoms with Crippen molar-refractivity contribution in [1.82, 2.24) is 0 Å². The molecule has 0 bridgehead atoms. The average Bonchev–Trinajstić information content (AvgIpc) is 2.34. The lowest BCUT2D eigenvalue weighted by Gasteiger charge is -2.10. The first kappa shape index (κ1) is 13.6. The van der Waals surface area contributed by atoms with E-state index in [0.29, 0.717) is 18.4 Å². The van der Waals surface area contributed by atoms with Crippen molar-refractivity contribution in [2.75, 3.05) is 6.26 Å². The number of carboxylic acid groups (broad SMARTS) is 1. The van der Waals surface area contributed by atoms with E-state index in [1.165, 1.54) is 11.8 Å². The summed E-state index contributed by atoms with van der Waals surface area (Å²) < 4.78 is 0. The summed E-state index contributed by atoms with van der Waals surface area (Å²) in [6.45, 7) is 0. The third-order valence-corrected chi connectivity index (χ3v) is 3.01. The molecule has 0 heterocycles. The molecule has 0 aliphatic rings. The Labute approximate surface area is 104 Å². The quantitative estimate of drug-likeness (QED) is 0.782. The van der Waals surface area contributed by atoms with Gasteiger partial charge in [-0.15, -0.1) is 11.8 Å². The van der Waals surface area contributed by atoms with Gasteiger partial charge >= 0.3 is 5.97 Å². The van der Waals surface area contributed by atoms with Gasteiger partial charge in [0.1, 0.15) is 0 Å². The first-order chi connectivity index (χ1) is 8.08. The summed E-state index contributed by atoms with van der Waals surface area (Å²) in [6, 6.07) is 7.23. The van der Waals surface area contributed by atoms with Crippen molar-refractivity contribution >= 4 is 17.7 Å². The lowest BCUT2D eigenvalue weighted by Crippen LogP contribution is -2.10. The van der Waals surface area contributed by atoms with Gasteiger partial charge in [-0.25, -0.2) is 4.79 Å². The van der Waals surface area contributed by atoms with Crippen LogP contribution in [0.15, 0.2) is 23.1 Å². The summed E-state index contributed by atoms with van der Waals surface area (Å²) in [5.41, 5.74) is 1.23. The molecule has 1 unspecified atom stereocenters. The molecule has 17 heavy (non-hydrogen) atoms. The van der Waals surface area contributed by atoms with Crippen LogP contribution >= 0.6 is 11.8 Å². The first-order valence-corrected chi connectivity index (χ1v) is 6.26. The second-order valence-corrected chi connectivity index (χ2v) is 4.39. The van der Waals surface area contributed by atoms with Gasteiger partial charge in [0.05, 0.1) is 6.07 Å². The van der Waals surface area contributed by atoms with Crippen molar-refractivity contribution in [2.24, 2.45) is 0 Å². The molecule has 0 aromatic heterocycles. The molecule has 0 amide bonds. The van der Waals surface area contributed by atoms with Crippen molar-refractivity contribution in [3.05, 3.63) is 29.3 Å². The van der Waals surface area contributed by atoms with Crippen LogP contribution in [0.25, 0.3) is 0 Å². The number of benzene rings is 1. The van der Waals surface area contributed by atoms with E-state index in [9.17, 15) is 9.90 Å². The number of aliphatic hydroxyl groups excluding tert-OH is 1. The Morgan fingerprint density at radius 2 is 2.24 bits per heavy atom. The Balaban J connectivity index is 3.05. The van der Waals surface area contributed by atoms with Crippen molar-refractivity contribution in [1.29, 1.82) is 5.26 Å². The number of nitriles is 1. The van der Waals surface area contributed by atoms with Crippen LogP contribution in [-0.4, -0.2) is 22.4 Å². The van der Waals surface area contributed by atoms with Gasteiger partial charge in [-0.05, 0) is 35.9 Å². The van der Waals surface area contributed by atoms with E-state index in [4.69, 9.17) is 10.4 Å². The van der Waals surface area contributed by atoms with Gasteiger partial charge < -0.3 is 10.2 Å². The first-order valence-electron chi connectivity index (χ1n) is 5.04. The fourth-order valence-electron chi connectivity index (χ4n) is 1.45. The number of hydrogen-bond donors (Lipinski definition) is 2. The molecule has 4 nitrogen and oxygen atoms in total. The lowest BCUT2D eigenvalue weighted by atomic mass is 10.0. The molecule has 0 aliphatic carbocycles. The second-order valence-electron chi connectivity index (χ2n) is 3.51.